The van der Waals surface area contributed by atoms with Crippen molar-refractivity contribution in [2.75, 3.05) is 26.5 Å². The fraction of sp³-hybridized carbons (Fsp3) is 0.897. The van der Waals surface area contributed by atoms with Gasteiger partial charge in [-0.1, -0.05) is 148 Å². The van der Waals surface area contributed by atoms with E-state index in [2.05, 4.69) is 26.0 Å². The van der Waals surface area contributed by atoms with E-state index in [-0.39, 0.29) is 25.2 Å². The Morgan fingerprint density at radius 1 is 0.532 bits per heavy atom. The molecule has 47 heavy (non-hydrogen) atoms. The molecule has 0 N–H and O–H groups in total. The largest absolute Gasteiger partial charge is 0.462 e. The highest BCUT2D eigenvalue weighted by molar-refractivity contribution is 7.52. The molecule has 1 unspecified atom stereocenters. The first kappa shape index (κ1) is 45.8. The zero-order valence-electron chi connectivity index (χ0n) is 31.3. The SMILES string of the molecule is CCCCCC/C=C\CCCCCCCC(=O)O[C@H](COC(=O)CCCCCCCCCCCCCCC)COP(C)(=O)OCCC. The second-order valence-corrected chi connectivity index (χ2v) is 15.4. The molecule has 2 atom stereocenters. The van der Waals surface area contributed by atoms with Crippen LogP contribution in [0.3, 0.4) is 0 Å². The van der Waals surface area contributed by atoms with Gasteiger partial charge in [0.1, 0.15) is 6.61 Å². The molecule has 0 bridgehead atoms. The molecule has 0 saturated carbocycles. The molecule has 0 aromatic heterocycles. The first-order chi connectivity index (χ1) is 22.8. The molecule has 0 aliphatic carbocycles. The van der Waals surface area contributed by atoms with Crippen molar-refractivity contribution in [1.29, 1.82) is 0 Å². The number of rotatable bonds is 36. The molecule has 0 fully saturated rings. The molecule has 0 rings (SSSR count). The summed E-state index contributed by atoms with van der Waals surface area (Å²) in [7, 11) is -3.29. The minimum atomic E-state index is -3.29. The summed E-state index contributed by atoms with van der Waals surface area (Å²) in [6, 6.07) is 0. The summed E-state index contributed by atoms with van der Waals surface area (Å²) >= 11 is 0. The van der Waals surface area contributed by atoms with Crippen LogP contribution in [0.1, 0.15) is 194 Å². The minimum Gasteiger partial charge on any atom is -0.462 e. The molecule has 0 aromatic carbocycles. The zero-order valence-corrected chi connectivity index (χ0v) is 32.1. The maximum absolute atomic E-state index is 12.6. The second kappa shape index (κ2) is 34.7. The van der Waals surface area contributed by atoms with Crippen molar-refractivity contribution in [2.45, 2.75) is 200 Å². The van der Waals surface area contributed by atoms with Crippen molar-refractivity contribution >= 4 is 19.5 Å². The molecule has 0 aliphatic heterocycles. The van der Waals surface area contributed by atoms with E-state index in [1.165, 1.54) is 109 Å². The van der Waals surface area contributed by atoms with E-state index in [1.807, 2.05) is 6.92 Å². The van der Waals surface area contributed by atoms with Crippen molar-refractivity contribution in [3.8, 4) is 0 Å². The average molecular weight is 687 g/mol. The van der Waals surface area contributed by atoms with Crippen LogP contribution in [0.15, 0.2) is 12.2 Å². The van der Waals surface area contributed by atoms with Crippen LogP contribution in [-0.4, -0.2) is 44.5 Å². The van der Waals surface area contributed by atoms with Gasteiger partial charge in [0.2, 0.25) is 0 Å². The topological polar surface area (TPSA) is 88.1 Å². The number of carbonyl (C=O) groups excluding carboxylic acids is 2. The maximum atomic E-state index is 12.6. The molecule has 0 aliphatic rings. The van der Waals surface area contributed by atoms with Gasteiger partial charge in [-0.3, -0.25) is 14.2 Å². The van der Waals surface area contributed by atoms with Crippen molar-refractivity contribution < 1.29 is 32.7 Å². The van der Waals surface area contributed by atoms with Gasteiger partial charge in [-0.15, -0.1) is 0 Å². The summed E-state index contributed by atoms with van der Waals surface area (Å²) in [5.74, 6) is -0.653. The average Bonchev–Trinajstić information content (AvgIpc) is 3.05. The Labute approximate surface area is 290 Å². The fourth-order valence-electron chi connectivity index (χ4n) is 5.41. The normalized spacial score (nSPS) is 13.5. The van der Waals surface area contributed by atoms with Crippen molar-refractivity contribution in [3.05, 3.63) is 12.2 Å². The van der Waals surface area contributed by atoms with Gasteiger partial charge in [0.25, 0.3) is 0 Å². The highest BCUT2D eigenvalue weighted by Crippen LogP contribution is 2.44. The van der Waals surface area contributed by atoms with Crippen molar-refractivity contribution in [1.82, 2.24) is 0 Å². The van der Waals surface area contributed by atoms with Crippen molar-refractivity contribution in [3.63, 3.8) is 0 Å². The van der Waals surface area contributed by atoms with E-state index in [0.29, 0.717) is 25.9 Å². The van der Waals surface area contributed by atoms with Gasteiger partial charge in [-0.05, 0) is 44.9 Å². The lowest BCUT2D eigenvalue weighted by Crippen LogP contribution is -2.29. The van der Waals surface area contributed by atoms with Gasteiger partial charge in [-0.25, -0.2) is 0 Å². The predicted molar refractivity (Wildman–Crippen MR) is 197 cm³/mol. The van der Waals surface area contributed by atoms with E-state index >= 15 is 0 Å². The molecule has 0 spiro atoms. The lowest BCUT2D eigenvalue weighted by Gasteiger charge is -2.20. The van der Waals surface area contributed by atoms with Crippen molar-refractivity contribution in [2.24, 2.45) is 0 Å². The molecule has 0 heterocycles. The van der Waals surface area contributed by atoms with Gasteiger partial charge < -0.3 is 18.5 Å². The first-order valence-corrected chi connectivity index (χ1v) is 21.7. The molecule has 0 aromatic rings. The van der Waals surface area contributed by atoms with E-state index in [0.717, 1.165) is 51.4 Å². The Kier molecular flexibility index (Phi) is 33.8. The van der Waals surface area contributed by atoms with Crippen LogP contribution < -0.4 is 0 Å². The Balaban J connectivity index is 4.22. The van der Waals surface area contributed by atoms with Crippen LogP contribution >= 0.6 is 7.60 Å². The zero-order chi connectivity index (χ0) is 34.7. The number of carbonyl (C=O) groups is 2. The molecule has 0 radical (unpaired) electrons. The summed E-state index contributed by atoms with van der Waals surface area (Å²) in [5, 5.41) is 0. The van der Waals surface area contributed by atoms with Crippen LogP contribution in [-0.2, 0) is 32.7 Å². The first-order valence-electron chi connectivity index (χ1n) is 19.7. The summed E-state index contributed by atoms with van der Waals surface area (Å²) in [6.07, 6.45) is 34.1. The molecule has 278 valence electrons. The summed E-state index contributed by atoms with van der Waals surface area (Å²) in [4.78, 5) is 25.0. The summed E-state index contributed by atoms with van der Waals surface area (Å²) in [5.41, 5.74) is 0. The summed E-state index contributed by atoms with van der Waals surface area (Å²) in [6.45, 7) is 7.90. The Hall–Kier alpha value is -1.17. The van der Waals surface area contributed by atoms with E-state index in [4.69, 9.17) is 18.5 Å². The van der Waals surface area contributed by atoms with Crippen LogP contribution in [0.2, 0.25) is 0 Å². The molecule has 0 saturated heterocycles. The maximum Gasteiger partial charge on any atom is 0.327 e. The highest BCUT2D eigenvalue weighted by Gasteiger charge is 2.23. The van der Waals surface area contributed by atoms with Crippen LogP contribution in [0.25, 0.3) is 0 Å². The predicted octanol–water partition coefficient (Wildman–Crippen LogP) is 12.4. The highest BCUT2D eigenvalue weighted by atomic mass is 31.2. The molecular weight excluding hydrogens is 611 g/mol. The third-order valence-electron chi connectivity index (χ3n) is 8.38. The Morgan fingerprint density at radius 3 is 1.45 bits per heavy atom. The lowest BCUT2D eigenvalue weighted by atomic mass is 10.0. The molecular formula is C39H75O7P. The quantitative estimate of drug-likeness (QED) is 0.0280. The van der Waals surface area contributed by atoms with E-state index < -0.39 is 13.7 Å². The Bertz CT molecular complexity index is 785. The second-order valence-electron chi connectivity index (χ2n) is 13.3. The van der Waals surface area contributed by atoms with Crippen LogP contribution in [0, 0.1) is 0 Å². The van der Waals surface area contributed by atoms with Gasteiger partial charge in [0.15, 0.2) is 6.10 Å². The fourth-order valence-corrected chi connectivity index (χ4v) is 6.43. The molecule has 8 heteroatoms. The Morgan fingerprint density at radius 2 is 0.957 bits per heavy atom. The minimum absolute atomic E-state index is 0.108. The lowest BCUT2D eigenvalue weighted by molar-refractivity contribution is -0.161. The number of hydrogen-bond acceptors (Lipinski definition) is 7. The van der Waals surface area contributed by atoms with Crippen LogP contribution in [0.5, 0.6) is 0 Å². The number of esters is 2. The third-order valence-corrected chi connectivity index (χ3v) is 9.65. The van der Waals surface area contributed by atoms with E-state index in [9.17, 15) is 14.2 Å². The van der Waals surface area contributed by atoms with E-state index in [1.54, 1.807) is 0 Å². The number of allylic oxidation sites excluding steroid dienone is 2. The van der Waals surface area contributed by atoms with Gasteiger partial charge in [0.05, 0.1) is 13.2 Å². The third kappa shape index (κ3) is 34.5. The van der Waals surface area contributed by atoms with Gasteiger partial charge in [0, 0.05) is 19.5 Å². The van der Waals surface area contributed by atoms with Crippen LogP contribution in [0.4, 0.5) is 0 Å². The van der Waals surface area contributed by atoms with Gasteiger partial charge in [-0.2, -0.15) is 0 Å². The number of ether oxygens (including phenoxy) is 2. The summed E-state index contributed by atoms with van der Waals surface area (Å²) < 4.78 is 34.4. The monoisotopic (exact) mass is 687 g/mol. The number of unbranched alkanes of at least 4 members (excludes halogenated alkanes) is 21. The molecule has 0 amide bonds. The number of hydrogen-bond donors (Lipinski definition) is 0. The van der Waals surface area contributed by atoms with Gasteiger partial charge >= 0.3 is 19.5 Å². The standard InChI is InChI=1S/C39H75O7P/c1-5-8-10-12-14-16-18-20-22-24-26-28-30-32-38(40)43-35-37(36-45-47(4,42)44-34-7-3)46-39(41)33-31-29-27-25-23-21-19-17-15-13-11-9-6-2/h17,19,37H,5-16,18,20-36H2,1-4H3/b19-17-/t37-,47?/m1/s1. The smallest absolute Gasteiger partial charge is 0.327 e. The molecule has 7 nitrogen and oxygen atoms in total.